The summed E-state index contributed by atoms with van der Waals surface area (Å²) >= 11 is 0. The third-order valence-electron chi connectivity index (χ3n) is 2.69. The number of rotatable bonds is 4. The van der Waals surface area contributed by atoms with Gasteiger partial charge in [0.05, 0.1) is 0 Å². The van der Waals surface area contributed by atoms with Gasteiger partial charge in [-0.2, -0.15) is 0 Å². The lowest BCUT2D eigenvalue weighted by Crippen LogP contribution is -2.01. The molecule has 0 aliphatic rings. The lowest BCUT2D eigenvalue weighted by molar-refractivity contribution is -0.138. The van der Waals surface area contributed by atoms with Crippen molar-refractivity contribution in [1.82, 2.24) is 0 Å². The highest BCUT2D eigenvalue weighted by atomic mass is 19.2. The minimum atomic E-state index is -1.35. The first-order chi connectivity index (χ1) is 10.1. The normalized spacial score (nSPS) is 10.8. The topological polar surface area (TPSA) is 26.3 Å². The molecule has 0 aromatic heterocycles. The molecule has 0 heterocycles. The molecule has 0 saturated heterocycles. The molecule has 2 aromatic carbocycles. The summed E-state index contributed by atoms with van der Waals surface area (Å²) in [6.45, 7) is 0.0398. The lowest BCUT2D eigenvalue weighted by atomic mass is 10.1. The SMILES string of the molecule is O=C(/C=C/c1c(F)ccc(F)c1F)OCc1ccccc1. The van der Waals surface area contributed by atoms with E-state index in [9.17, 15) is 18.0 Å². The van der Waals surface area contributed by atoms with Crippen LogP contribution in [0.3, 0.4) is 0 Å². The molecule has 5 heteroatoms. The van der Waals surface area contributed by atoms with Gasteiger partial charge in [0, 0.05) is 11.6 Å². The summed E-state index contributed by atoms with van der Waals surface area (Å²) in [5.41, 5.74) is 0.161. The summed E-state index contributed by atoms with van der Waals surface area (Å²) in [5, 5.41) is 0. The van der Waals surface area contributed by atoms with E-state index in [2.05, 4.69) is 0 Å². The Bertz CT molecular complexity index is 667. The Kier molecular flexibility index (Phi) is 4.77. The molecule has 0 spiro atoms. The molecule has 21 heavy (non-hydrogen) atoms. The van der Waals surface area contributed by atoms with Gasteiger partial charge in [0.15, 0.2) is 11.6 Å². The molecule has 0 aliphatic carbocycles. The van der Waals surface area contributed by atoms with Crippen LogP contribution in [0.2, 0.25) is 0 Å². The van der Waals surface area contributed by atoms with Gasteiger partial charge >= 0.3 is 5.97 Å². The molecule has 0 N–H and O–H groups in total. The molecule has 2 nitrogen and oxygen atoms in total. The van der Waals surface area contributed by atoms with Crippen LogP contribution in [0.15, 0.2) is 48.5 Å². The summed E-state index contributed by atoms with van der Waals surface area (Å²) in [6, 6.07) is 10.4. The van der Waals surface area contributed by atoms with Crippen LogP contribution in [0.5, 0.6) is 0 Å². The van der Waals surface area contributed by atoms with Crippen molar-refractivity contribution in [2.75, 3.05) is 0 Å². The first-order valence-corrected chi connectivity index (χ1v) is 6.10. The molecular weight excluding hydrogens is 281 g/mol. The molecule has 0 bridgehead atoms. The second kappa shape index (κ2) is 6.74. The van der Waals surface area contributed by atoms with Gasteiger partial charge in [-0.3, -0.25) is 0 Å². The van der Waals surface area contributed by atoms with E-state index in [1.807, 2.05) is 6.07 Å². The second-order valence-corrected chi connectivity index (χ2v) is 4.18. The summed E-state index contributed by atoms with van der Waals surface area (Å²) in [7, 11) is 0. The summed E-state index contributed by atoms with van der Waals surface area (Å²) in [4.78, 5) is 11.4. The van der Waals surface area contributed by atoms with Crippen molar-refractivity contribution in [3.63, 3.8) is 0 Å². The van der Waals surface area contributed by atoms with Crippen molar-refractivity contribution in [2.45, 2.75) is 6.61 Å². The molecule has 0 aliphatic heterocycles. The number of hydrogen-bond acceptors (Lipinski definition) is 2. The Hall–Kier alpha value is -2.56. The molecule has 0 saturated carbocycles. The minimum Gasteiger partial charge on any atom is -0.458 e. The van der Waals surface area contributed by atoms with E-state index in [0.717, 1.165) is 23.8 Å². The van der Waals surface area contributed by atoms with E-state index in [-0.39, 0.29) is 6.61 Å². The molecule has 0 radical (unpaired) electrons. The van der Waals surface area contributed by atoms with Gasteiger partial charge in [-0.05, 0) is 23.8 Å². The molecule has 2 rings (SSSR count). The molecule has 0 fully saturated rings. The summed E-state index contributed by atoms with van der Waals surface area (Å²) in [6.07, 6.45) is 1.70. The summed E-state index contributed by atoms with van der Waals surface area (Å²) < 4.78 is 44.5. The number of hydrogen-bond donors (Lipinski definition) is 0. The van der Waals surface area contributed by atoms with Gasteiger partial charge < -0.3 is 4.74 Å². The zero-order valence-electron chi connectivity index (χ0n) is 10.9. The second-order valence-electron chi connectivity index (χ2n) is 4.18. The maximum atomic E-state index is 13.3. The van der Waals surface area contributed by atoms with Crippen LogP contribution in [0.4, 0.5) is 13.2 Å². The predicted octanol–water partition coefficient (Wildman–Crippen LogP) is 3.86. The number of halogens is 3. The highest BCUT2D eigenvalue weighted by Gasteiger charge is 2.11. The maximum absolute atomic E-state index is 13.3. The van der Waals surface area contributed by atoms with Crippen molar-refractivity contribution in [3.8, 4) is 0 Å². The number of carbonyl (C=O) groups is 1. The zero-order chi connectivity index (χ0) is 15.2. The van der Waals surface area contributed by atoms with E-state index in [1.165, 1.54) is 0 Å². The fourth-order valence-electron chi connectivity index (χ4n) is 1.62. The van der Waals surface area contributed by atoms with Gasteiger partial charge in [-0.1, -0.05) is 30.3 Å². The number of benzene rings is 2. The smallest absolute Gasteiger partial charge is 0.331 e. The Morgan fingerprint density at radius 2 is 1.67 bits per heavy atom. The minimum absolute atomic E-state index is 0.0398. The van der Waals surface area contributed by atoms with Crippen molar-refractivity contribution in [2.24, 2.45) is 0 Å². The Morgan fingerprint density at radius 1 is 1.00 bits per heavy atom. The standard InChI is InChI=1S/C16H11F3O2/c17-13-7-8-14(18)16(19)12(13)6-9-15(20)21-10-11-4-2-1-3-5-11/h1-9H,10H2/b9-6+. The molecular formula is C16H11F3O2. The Morgan fingerprint density at radius 3 is 2.38 bits per heavy atom. The van der Waals surface area contributed by atoms with Crippen molar-refractivity contribution in [1.29, 1.82) is 0 Å². The van der Waals surface area contributed by atoms with Crippen LogP contribution in [0.25, 0.3) is 6.08 Å². The average molecular weight is 292 g/mol. The predicted molar refractivity (Wildman–Crippen MR) is 71.6 cm³/mol. The van der Waals surface area contributed by atoms with E-state index in [4.69, 9.17) is 4.74 Å². The van der Waals surface area contributed by atoms with Crippen molar-refractivity contribution < 1.29 is 22.7 Å². The largest absolute Gasteiger partial charge is 0.458 e. The molecule has 2 aromatic rings. The quantitative estimate of drug-likeness (QED) is 0.486. The van der Waals surface area contributed by atoms with Crippen molar-refractivity contribution >= 4 is 12.0 Å². The van der Waals surface area contributed by atoms with Crippen LogP contribution < -0.4 is 0 Å². The molecule has 0 atom stereocenters. The monoisotopic (exact) mass is 292 g/mol. The van der Waals surface area contributed by atoms with Gasteiger partial charge in [0.2, 0.25) is 0 Å². The fourth-order valence-corrected chi connectivity index (χ4v) is 1.62. The third kappa shape index (κ3) is 3.95. The van der Waals surface area contributed by atoms with Crippen LogP contribution in [-0.4, -0.2) is 5.97 Å². The van der Waals surface area contributed by atoms with E-state index in [1.54, 1.807) is 24.3 Å². The number of esters is 1. The maximum Gasteiger partial charge on any atom is 0.331 e. The lowest BCUT2D eigenvalue weighted by Gasteiger charge is -2.02. The van der Waals surface area contributed by atoms with Crippen molar-refractivity contribution in [3.05, 3.63) is 77.1 Å². The summed E-state index contributed by atoms with van der Waals surface area (Å²) in [5.74, 6) is -4.27. The highest BCUT2D eigenvalue weighted by molar-refractivity contribution is 5.87. The van der Waals surface area contributed by atoms with E-state index >= 15 is 0 Å². The van der Waals surface area contributed by atoms with Crippen LogP contribution >= 0.6 is 0 Å². The average Bonchev–Trinajstić information content (AvgIpc) is 2.50. The molecule has 0 amide bonds. The van der Waals surface area contributed by atoms with Gasteiger partial charge in [-0.15, -0.1) is 0 Å². The van der Waals surface area contributed by atoms with Crippen LogP contribution in [-0.2, 0) is 16.1 Å². The molecule has 108 valence electrons. The third-order valence-corrected chi connectivity index (χ3v) is 2.69. The fraction of sp³-hybridized carbons (Fsp3) is 0.0625. The molecule has 0 unspecified atom stereocenters. The highest BCUT2D eigenvalue weighted by Crippen LogP contribution is 2.17. The Balaban J connectivity index is 2.01. The van der Waals surface area contributed by atoms with Gasteiger partial charge in [0.25, 0.3) is 0 Å². The Labute approximate surface area is 119 Å². The van der Waals surface area contributed by atoms with E-state index in [0.29, 0.717) is 6.07 Å². The van der Waals surface area contributed by atoms with E-state index < -0.39 is 29.0 Å². The zero-order valence-corrected chi connectivity index (χ0v) is 10.9. The number of carbonyl (C=O) groups excluding carboxylic acids is 1. The van der Waals surface area contributed by atoms with Gasteiger partial charge in [-0.25, -0.2) is 18.0 Å². The van der Waals surface area contributed by atoms with Crippen LogP contribution in [0.1, 0.15) is 11.1 Å². The van der Waals surface area contributed by atoms with Crippen LogP contribution in [0, 0.1) is 17.5 Å². The van der Waals surface area contributed by atoms with Gasteiger partial charge in [0.1, 0.15) is 12.4 Å². The first kappa shape index (κ1) is 14.8. The number of ether oxygens (including phenoxy) is 1. The first-order valence-electron chi connectivity index (χ1n) is 6.10.